The van der Waals surface area contributed by atoms with E-state index in [4.69, 9.17) is 10.5 Å². The van der Waals surface area contributed by atoms with Crippen LogP contribution >= 0.6 is 0 Å². The van der Waals surface area contributed by atoms with Crippen LogP contribution in [-0.4, -0.2) is 37.3 Å². The van der Waals surface area contributed by atoms with E-state index in [1.165, 1.54) is 4.90 Å². The standard InChI is InChI=1S/C15H21F3N2O/c1-3-20(9-15(16,17)18)13-7-5-10-4-6-11(21-2)8-12(10)14(13)19/h4,6,8,13-14H,3,5,7,9,19H2,1-2H3. The first-order valence-electron chi connectivity index (χ1n) is 7.09. The molecule has 0 aliphatic heterocycles. The van der Waals surface area contributed by atoms with Gasteiger partial charge in [-0.3, -0.25) is 4.90 Å². The number of hydrogen-bond donors (Lipinski definition) is 1. The van der Waals surface area contributed by atoms with E-state index in [0.717, 1.165) is 17.5 Å². The topological polar surface area (TPSA) is 38.5 Å². The van der Waals surface area contributed by atoms with E-state index in [1.807, 2.05) is 18.2 Å². The van der Waals surface area contributed by atoms with Gasteiger partial charge in [0.25, 0.3) is 0 Å². The van der Waals surface area contributed by atoms with Gasteiger partial charge in [0.15, 0.2) is 0 Å². The predicted octanol–water partition coefficient (Wildman–Crippen LogP) is 2.89. The Morgan fingerprint density at radius 2 is 2.10 bits per heavy atom. The Morgan fingerprint density at radius 1 is 1.38 bits per heavy atom. The fourth-order valence-electron chi connectivity index (χ4n) is 3.03. The van der Waals surface area contributed by atoms with E-state index in [0.29, 0.717) is 18.7 Å². The van der Waals surface area contributed by atoms with Crippen molar-refractivity contribution in [3.8, 4) is 5.75 Å². The molecule has 2 unspecified atom stereocenters. The quantitative estimate of drug-likeness (QED) is 0.929. The van der Waals surface area contributed by atoms with Crippen LogP contribution < -0.4 is 10.5 Å². The molecule has 2 rings (SSSR count). The largest absolute Gasteiger partial charge is 0.497 e. The molecule has 1 aliphatic rings. The molecule has 0 saturated carbocycles. The lowest BCUT2D eigenvalue weighted by Crippen LogP contribution is -2.48. The molecule has 1 aromatic rings. The number of fused-ring (bicyclic) bond motifs is 1. The molecule has 0 spiro atoms. The van der Waals surface area contributed by atoms with Crippen LogP contribution in [0.5, 0.6) is 5.75 Å². The van der Waals surface area contributed by atoms with Crippen molar-refractivity contribution >= 4 is 0 Å². The highest BCUT2D eigenvalue weighted by molar-refractivity contribution is 5.40. The molecule has 3 nitrogen and oxygen atoms in total. The van der Waals surface area contributed by atoms with Crippen LogP contribution in [0, 0.1) is 0 Å². The predicted molar refractivity (Wildman–Crippen MR) is 75.3 cm³/mol. The summed E-state index contributed by atoms with van der Waals surface area (Å²) in [5.74, 6) is 0.684. The fraction of sp³-hybridized carbons (Fsp3) is 0.600. The average molecular weight is 302 g/mol. The van der Waals surface area contributed by atoms with Crippen molar-refractivity contribution in [3.05, 3.63) is 29.3 Å². The van der Waals surface area contributed by atoms with Crippen LogP contribution in [0.25, 0.3) is 0 Å². The summed E-state index contributed by atoms with van der Waals surface area (Å²) < 4.78 is 43.2. The number of ether oxygens (including phenoxy) is 1. The van der Waals surface area contributed by atoms with Crippen molar-refractivity contribution in [2.24, 2.45) is 5.73 Å². The molecule has 0 amide bonds. The summed E-state index contributed by atoms with van der Waals surface area (Å²) in [6.07, 6.45) is -2.82. The molecule has 0 saturated heterocycles. The van der Waals surface area contributed by atoms with Gasteiger partial charge in [-0.05, 0) is 42.6 Å². The van der Waals surface area contributed by atoms with E-state index in [1.54, 1.807) is 14.0 Å². The molecular weight excluding hydrogens is 281 g/mol. The van der Waals surface area contributed by atoms with Gasteiger partial charge in [-0.25, -0.2) is 0 Å². The van der Waals surface area contributed by atoms with Gasteiger partial charge in [0.1, 0.15) is 5.75 Å². The zero-order chi connectivity index (χ0) is 15.6. The average Bonchev–Trinajstić information content (AvgIpc) is 2.44. The van der Waals surface area contributed by atoms with Crippen LogP contribution in [0.4, 0.5) is 13.2 Å². The van der Waals surface area contributed by atoms with Crippen LogP contribution in [0.1, 0.15) is 30.5 Å². The van der Waals surface area contributed by atoms with Crippen LogP contribution in [0.15, 0.2) is 18.2 Å². The van der Waals surface area contributed by atoms with Crippen molar-refractivity contribution in [1.29, 1.82) is 0 Å². The maximum atomic E-state index is 12.7. The number of methoxy groups -OCH3 is 1. The minimum absolute atomic E-state index is 0.295. The van der Waals surface area contributed by atoms with Crippen LogP contribution in [0.3, 0.4) is 0 Å². The third kappa shape index (κ3) is 3.68. The Hall–Kier alpha value is -1.27. The van der Waals surface area contributed by atoms with E-state index in [2.05, 4.69) is 0 Å². The summed E-state index contributed by atoms with van der Waals surface area (Å²) in [7, 11) is 1.57. The van der Waals surface area contributed by atoms with Crippen molar-refractivity contribution < 1.29 is 17.9 Å². The number of halogens is 3. The van der Waals surface area contributed by atoms with E-state index in [9.17, 15) is 13.2 Å². The summed E-state index contributed by atoms with van der Waals surface area (Å²) in [5.41, 5.74) is 8.24. The number of hydrogen-bond acceptors (Lipinski definition) is 3. The third-order valence-corrected chi connectivity index (χ3v) is 4.09. The maximum absolute atomic E-state index is 12.7. The molecule has 0 radical (unpaired) electrons. The van der Waals surface area contributed by atoms with Gasteiger partial charge in [0, 0.05) is 12.1 Å². The highest BCUT2D eigenvalue weighted by Gasteiger charge is 2.37. The molecule has 0 heterocycles. The molecule has 1 aliphatic carbocycles. The van der Waals surface area contributed by atoms with Gasteiger partial charge in [0.05, 0.1) is 13.7 Å². The number of likely N-dealkylation sites (N-methyl/N-ethyl adjacent to an activating group) is 1. The second-order valence-corrected chi connectivity index (χ2v) is 5.37. The minimum Gasteiger partial charge on any atom is -0.497 e. The zero-order valence-corrected chi connectivity index (χ0v) is 12.3. The Bertz CT molecular complexity index is 490. The number of nitrogens with two attached hydrogens (primary N) is 1. The Kier molecular flexibility index (Phi) is 4.78. The number of rotatable bonds is 4. The molecule has 0 aromatic heterocycles. The smallest absolute Gasteiger partial charge is 0.401 e. The van der Waals surface area contributed by atoms with Crippen molar-refractivity contribution in [3.63, 3.8) is 0 Å². The number of aryl methyl sites for hydroxylation is 1. The Labute approximate surface area is 122 Å². The molecule has 2 atom stereocenters. The van der Waals surface area contributed by atoms with Gasteiger partial charge in [0.2, 0.25) is 0 Å². The van der Waals surface area contributed by atoms with E-state index < -0.39 is 18.8 Å². The fourth-order valence-corrected chi connectivity index (χ4v) is 3.03. The number of benzene rings is 1. The third-order valence-electron chi connectivity index (χ3n) is 4.09. The van der Waals surface area contributed by atoms with Crippen LogP contribution in [-0.2, 0) is 6.42 Å². The number of alkyl halides is 3. The van der Waals surface area contributed by atoms with E-state index >= 15 is 0 Å². The minimum atomic E-state index is -4.20. The van der Waals surface area contributed by atoms with Gasteiger partial charge in [-0.1, -0.05) is 13.0 Å². The lowest BCUT2D eigenvalue weighted by atomic mass is 9.83. The molecule has 0 fully saturated rings. The SMILES string of the molecule is CCN(CC(F)(F)F)C1CCc2ccc(OC)cc2C1N. The monoisotopic (exact) mass is 302 g/mol. The lowest BCUT2D eigenvalue weighted by molar-refractivity contribution is -0.151. The summed E-state index contributed by atoms with van der Waals surface area (Å²) in [4.78, 5) is 1.42. The molecule has 0 bridgehead atoms. The molecular formula is C15H21F3N2O. The van der Waals surface area contributed by atoms with Crippen molar-refractivity contribution in [1.82, 2.24) is 4.90 Å². The first-order chi connectivity index (χ1) is 9.85. The van der Waals surface area contributed by atoms with Gasteiger partial charge < -0.3 is 10.5 Å². The maximum Gasteiger partial charge on any atom is 0.401 e. The Morgan fingerprint density at radius 3 is 2.67 bits per heavy atom. The molecule has 6 heteroatoms. The normalized spacial score (nSPS) is 22.2. The Balaban J connectivity index is 2.23. The molecule has 2 N–H and O–H groups in total. The molecule has 118 valence electrons. The van der Waals surface area contributed by atoms with Gasteiger partial charge in [-0.2, -0.15) is 13.2 Å². The summed E-state index contributed by atoms with van der Waals surface area (Å²) >= 11 is 0. The first kappa shape index (κ1) is 16.1. The van der Waals surface area contributed by atoms with Crippen molar-refractivity contribution in [2.75, 3.05) is 20.2 Å². The van der Waals surface area contributed by atoms with Crippen molar-refractivity contribution in [2.45, 2.75) is 38.0 Å². The summed E-state index contributed by atoms with van der Waals surface area (Å²) in [6.45, 7) is 1.15. The summed E-state index contributed by atoms with van der Waals surface area (Å²) in [5, 5.41) is 0. The van der Waals surface area contributed by atoms with Gasteiger partial charge >= 0.3 is 6.18 Å². The lowest BCUT2D eigenvalue weighted by Gasteiger charge is -2.39. The van der Waals surface area contributed by atoms with Gasteiger partial charge in [-0.15, -0.1) is 0 Å². The zero-order valence-electron chi connectivity index (χ0n) is 12.3. The highest BCUT2D eigenvalue weighted by atomic mass is 19.4. The molecule has 1 aromatic carbocycles. The second kappa shape index (κ2) is 6.23. The van der Waals surface area contributed by atoms with E-state index in [-0.39, 0.29) is 6.04 Å². The second-order valence-electron chi connectivity index (χ2n) is 5.37. The van der Waals surface area contributed by atoms with Crippen LogP contribution in [0.2, 0.25) is 0 Å². The molecule has 21 heavy (non-hydrogen) atoms. The highest BCUT2D eigenvalue weighted by Crippen LogP contribution is 2.34. The summed E-state index contributed by atoms with van der Waals surface area (Å²) in [6, 6.07) is 4.93. The number of nitrogens with zero attached hydrogens (tertiary/aromatic N) is 1. The first-order valence-corrected chi connectivity index (χ1v) is 7.09.